The van der Waals surface area contributed by atoms with Gasteiger partial charge in [-0.1, -0.05) is 11.8 Å². The molecule has 1 aromatic heterocycles. The lowest BCUT2D eigenvalue weighted by molar-refractivity contribution is -0.137. The minimum atomic E-state index is -0.289. The third-order valence-electron chi connectivity index (χ3n) is 4.02. The third-order valence-corrected chi connectivity index (χ3v) is 4.96. The smallest absolute Gasteiger partial charge is 0.316 e. The molecule has 7 nitrogen and oxygen atoms in total. The van der Waals surface area contributed by atoms with E-state index in [1.54, 1.807) is 7.11 Å². The van der Waals surface area contributed by atoms with E-state index < -0.39 is 0 Å². The fourth-order valence-electron chi connectivity index (χ4n) is 2.69. The molecule has 0 radical (unpaired) electrons. The molecular formula is C17H21N3O4S. The van der Waals surface area contributed by atoms with Gasteiger partial charge in [-0.2, -0.15) is 0 Å². The van der Waals surface area contributed by atoms with Crippen LogP contribution in [-0.2, 0) is 20.8 Å². The minimum absolute atomic E-state index is 0.144. The van der Waals surface area contributed by atoms with Crippen LogP contribution in [0.3, 0.4) is 0 Å². The Morgan fingerprint density at radius 3 is 2.76 bits per heavy atom. The fraction of sp³-hybridized carbons (Fsp3) is 0.471. The van der Waals surface area contributed by atoms with Crippen LogP contribution in [0.25, 0.3) is 11.4 Å². The molecular weight excluding hydrogens is 342 g/mol. The van der Waals surface area contributed by atoms with E-state index in [2.05, 4.69) is 10.2 Å². The zero-order chi connectivity index (χ0) is 17.6. The van der Waals surface area contributed by atoms with Crippen molar-refractivity contribution < 1.29 is 19.0 Å². The maximum atomic E-state index is 11.4. The van der Waals surface area contributed by atoms with Gasteiger partial charge in [0.25, 0.3) is 0 Å². The van der Waals surface area contributed by atoms with Gasteiger partial charge in [-0.15, -0.1) is 10.2 Å². The van der Waals surface area contributed by atoms with Crippen LogP contribution in [0.4, 0.5) is 0 Å². The Bertz CT molecular complexity index is 711. The summed E-state index contributed by atoms with van der Waals surface area (Å²) in [5, 5.41) is 9.28. The Morgan fingerprint density at radius 2 is 2.12 bits per heavy atom. The van der Waals surface area contributed by atoms with Crippen molar-refractivity contribution in [2.24, 2.45) is 0 Å². The monoisotopic (exact) mass is 363 g/mol. The number of benzene rings is 1. The van der Waals surface area contributed by atoms with Crippen LogP contribution in [0.2, 0.25) is 0 Å². The average molecular weight is 363 g/mol. The first-order valence-corrected chi connectivity index (χ1v) is 9.08. The van der Waals surface area contributed by atoms with Gasteiger partial charge in [0.05, 0.1) is 32.6 Å². The molecule has 0 unspecified atom stereocenters. The molecule has 1 fully saturated rings. The van der Waals surface area contributed by atoms with Crippen LogP contribution in [0, 0.1) is 0 Å². The summed E-state index contributed by atoms with van der Waals surface area (Å²) < 4.78 is 17.7. The Hall–Kier alpha value is -2.06. The molecule has 0 saturated carbocycles. The standard InChI is InChI=1S/C17H21N3O4S/c1-22-13-7-5-12(6-8-13)16-18-19-17(25-11-15(21)23-2)20(16)10-14-4-3-9-24-14/h5-8,14H,3-4,9-11H2,1-2H3/t14-/m0/s1. The highest BCUT2D eigenvalue weighted by atomic mass is 32.2. The second kappa shape index (κ2) is 8.35. The van der Waals surface area contributed by atoms with Crippen molar-refractivity contribution in [3.8, 4) is 17.1 Å². The van der Waals surface area contributed by atoms with Crippen molar-refractivity contribution in [1.29, 1.82) is 0 Å². The van der Waals surface area contributed by atoms with E-state index in [1.165, 1.54) is 18.9 Å². The number of aromatic nitrogens is 3. The molecule has 1 aromatic carbocycles. The first-order chi connectivity index (χ1) is 12.2. The molecule has 2 aromatic rings. The molecule has 0 N–H and O–H groups in total. The van der Waals surface area contributed by atoms with Crippen LogP contribution in [-0.4, -0.2) is 53.4 Å². The molecule has 0 amide bonds. The van der Waals surface area contributed by atoms with Crippen molar-refractivity contribution in [1.82, 2.24) is 14.8 Å². The zero-order valence-electron chi connectivity index (χ0n) is 14.3. The number of carbonyl (C=O) groups excluding carboxylic acids is 1. The predicted molar refractivity (Wildman–Crippen MR) is 93.7 cm³/mol. The van der Waals surface area contributed by atoms with E-state index in [0.29, 0.717) is 11.7 Å². The molecule has 3 rings (SSSR count). The second-order valence-corrected chi connectivity index (χ2v) is 6.59. The van der Waals surface area contributed by atoms with Gasteiger partial charge in [0.2, 0.25) is 0 Å². The van der Waals surface area contributed by atoms with E-state index in [0.717, 1.165) is 36.6 Å². The van der Waals surface area contributed by atoms with Gasteiger partial charge < -0.3 is 14.2 Å². The van der Waals surface area contributed by atoms with Crippen molar-refractivity contribution >= 4 is 17.7 Å². The molecule has 25 heavy (non-hydrogen) atoms. The molecule has 1 atom stereocenters. The van der Waals surface area contributed by atoms with Gasteiger partial charge in [-0.25, -0.2) is 0 Å². The lowest BCUT2D eigenvalue weighted by atomic mass is 10.2. The normalized spacial score (nSPS) is 16.8. The zero-order valence-corrected chi connectivity index (χ0v) is 15.1. The largest absolute Gasteiger partial charge is 0.497 e. The quantitative estimate of drug-likeness (QED) is 0.552. The Labute approximate surface area is 150 Å². The van der Waals surface area contributed by atoms with E-state index in [9.17, 15) is 4.79 Å². The summed E-state index contributed by atoms with van der Waals surface area (Å²) in [6.07, 6.45) is 2.22. The molecule has 0 spiro atoms. The van der Waals surface area contributed by atoms with E-state index in [4.69, 9.17) is 14.2 Å². The highest BCUT2D eigenvalue weighted by molar-refractivity contribution is 7.99. The minimum Gasteiger partial charge on any atom is -0.497 e. The second-order valence-electron chi connectivity index (χ2n) is 5.65. The number of methoxy groups -OCH3 is 2. The first kappa shape index (κ1) is 17.8. The van der Waals surface area contributed by atoms with E-state index >= 15 is 0 Å². The number of nitrogens with zero attached hydrogens (tertiary/aromatic N) is 3. The predicted octanol–water partition coefficient (Wildman–Crippen LogP) is 2.40. The summed E-state index contributed by atoms with van der Waals surface area (Å²) in [6, 6.07) is 7.68. The van der Waals surface area contributed by atoms with Gasteiger partial charge in [0, 0.05) is 12.2 Å². The van der Waals surface area contributed by atoms with Gasteiger partial charge in [0.15, 0.2) is 11.0 Å². The van der Waals surface area contributed by atoms with Crippen molar-refractivity contribution in [2.45, 2.75) is 30.6 Å². The number of hydrogen-bond donors (Lipinski definition) is 0. The third kappa shape index (κ3) is 4.32. The van der Waals surface area contributed by atoms with Crippen LogP contribution in [0.1, 0.15) is 12.8 Å². The van der Waals surface area contributed by atoms with E-state index in [-0.39, 0.29) is 17.8 Å². The Kier molecular flexibility index (Phi) is 5.93. The Morgan fingerprint density at radius 1 is 1.32 bits per heavy atom. The molecule has 134 valence electrons. The van der Waals surface area contributed by atoms with Crippen LogP contribution >= 0.6 is 11.8 Å². The van der Waals surface area contributed by atoms with Gasteiger partial charge in [0.1, 0.15) is 5.75 Å². The highest BCUT2D eigenvalue weighted by Gasteiger charge is 2.22. The maximum absolute atomic E-state index is 11.4. The highest BCUT2D eigenvalue weighted by Crippen LogP contribution is 2.27. The van der Waals surface area contributed by atoms with Crippen LogP contribution in [0.5, 0.6) is 5.75 Å². The molecule has 1 saturated heterocycles. The summed E-state index contributed by atoms with van der Waals surface area (Å²) in [7, 11) is 3.01. The average Bonchev–Trinajstić information content (AvgIpc) is 3.30. The summed E-state index contributed by atoms with van der Waals surface area (Å²) >= 11 is 1.32. The van der Waals surface area contributed by atoms with Crippen LogP contribution in [0.15, 0.2) is 29.4 Å². The van der Waals surface area contributed by atoms with Gasteiger partial charge >= 0.3 is 5.97 Å². The van der Waals surface area contributed by atoms with Crippen molar-refractivity contribution in [3.63, 3.8) is 0 Å². The molecule has 0 bridgehead atoms. The number of ether oxygens (including phenoxy) is 3. The van der Waals surface area contributed by atoms with Gasteiger partial charge in [-0.3, -0.25) is 9.36 Å². The number of hydrogen-bond acceptors (Lipinski definition) is 7. The SMILES string of the molecule is COC(=O)CSc1nnc(-c2ccc(OC)cc2)n1C[C@@H]1CCCO1. The number of esters is 1. The van der Waals surface area contributed by atoms with Crippen LogP contribution < -0.4 is 4.74 Å². The van der Waals surface area contributed by atoms with Crippen molar-refractivity contribution in [2.75, 3.05) is 26.6 Å². The van der Waals surface area contributed by atoms with Gasteiger partial charge in [-0.05, 0) is 37.1 Å². The maximum Gasteiger partial charge on any atom is 0.316 e. The number of carbonyl (C=O) groups is 1. The molecule has 2 heterocycles. The molecule has 1 aliphatic heterocycles. The molecule has 0 aliphatic carbocycles. The topological polar surface area (TPSA) is 75.5 Å². The number of rotatable bonds is 7. The summed E-state index contributed by atoms with van der Waals surface area (Å²) in [4.78, 5) is 11.4. The summed E-state index contributed by atoms with van der Waals surface area (Å²) in [6.45, 7) is 1.45. The first-order valence-electron chi connectivity index (χ1n) is 8.10. The van der Waals surface area contributed by atoms with E-state index in [1.807, 2.05) is 28.8 Å². The lowest BCUT2D eigenvalue weighted by Gasteiger charge is -2.14. The molecule has 1 aliphatic rings. The number of thioether (sulfide) groups is 1. The fourth-order valence-corrected chi connectivity index (χ4v) is 3.47. The van der Waals surface area contributed by atoms with Crippen molar-refractivity contribution in [3.05, 3.63) is 24.3 Å². The Balaban J connectivity index is 1.87. The lowest BCUT2D eigenvalue weighted by Crippen LogP contribution is -2.17. The molecule has 8 heteroatoms. The summed E-state index contributed by atoms with van der Waals surface area (Å²) in [5.41, 5.74) is 0.941. The summed E-state index contributed by atoms with van der Waals surface area (Å²) in [5.74, 6) is 1.45.